The number of carbonyl (C=O) groups excluding carboxylic acids is 1. The Morgan fingerprint density at radius 1 is 1.31 bits per heavy atom. The molecule has 13 heteroatoms. The number of fused-ring (bicyclic) bond motifs is 1. The summed E-state index contributed by atoms with van der Waals surface area (Å²) >= 11 is 7.75. The van der Waals surface area contributed by atoms with Crippen LogP contribution in [0.15, 0.2) is 33.5 Å². The largest absolute Gasteiger partial charge is 0.383 e. The Morgan fingerprint density at radius 3 is 2.78 bits per heavy atom. The molecule has 1 aromatic carbocycles. The topological polar surface area (TPSA) is 81.0 Å². The first kappa shape index (κ1) is 23.5. The molecule has 0 bridgehead atoms. The highest BCUT2D eigenvalue weighted by Crippen LogP contribution is 2.32. The normalized spacial score (nSPS) is 18.1. The van der Waals surface area contributed by atoms with E-state index in [2.05, 4.69) is 4.99 Å². The Hall–Kier alpha value is -1.70. The molecule has 0 N–H and O–H groups in total. The fourth-order valence-corrected chi connectivity index (χ4v) is 7.96. The Balaban J connectivity index is 1.75. The predicted molar refractivity (Wildman–Crippen MR) is 118 cm³/mol. The van der Waals surface area contributed by atoms with E-state index in [-0.39, 0.29) is 38.9 Å². The van der Waals surface area contributed by atoms with Crippen LogP contribution in [0.3, 0.4) is 0 Å². The Labute approximate surface area is 195 Å². The first-order chi connectivity index (χ1) is 15.2. The second-order valence-corrected chi connectivity index (χ2v) is 11.9. The minimum atomic E-state index is -3.91. The van der Waals surface area contributed by atoms with Crippen molar-refractivity contribution < 1.29 is 26.7 Å². The van der Waals surface area contributed by atoms with Crippen molar-refractivity contribution >= 4 is 60.4 Å². The van der Waals surface area contributed by atoms with E-state index in [0.717, 1.165) is 33.0 Å². The van der Waals surface area contributed by atoms with E-state index in [0.29, 0.717) is 17.2 Å². The van der Waals surface area contributed by atoms with Gasteiger partial charge in [-0.3, -0.25) is 4.79 Å². The van der Waals surface area contributed by atoms with Gasteiger partial charge >= 0.3 is 0 Å². The van der Waals surface area contributed by atoms with Gasteiger partial charge in [0, 0.05) is 26.3 Å². The van der Waals surface area contributed by atoms with Gasteiger partial charge in [-0.25, -0.2) is 17.2 Å². The maximum absolute atomic E-state index is 14.5. The molecule has 3 heterocycles. The Morgan fingerprint density at radius 2 is 2.09 bits per heavy atom. The third-order valence-corrected chi connectivity index (χ3v) is 9.65. The summed E-state index contributed by atoms with van der Waals surface area (Å²) in [5, 5.41) is 0. The first-order valence-electron chi connectivity index (χ1n) is 9.55. The van der Waals surface area contributed by atoms with E-state index in [1.54, 1.807) is 0 Å². The minimum Gasteiger partial charge on any atom is -0.383 e. The number of thiophene rings is 1. The van der Waals surface area contributed by atoms with Crippen LogP contribution in [-0.2, 0) is 26.1 Å². The highest BCUT2D eigenvalue weighted by Gasteiger charge is 2.40. The fourth-order valence-electron chi connectivity index (χ4n) is 3.60. The van der Waals surface area contributed by atoms with Crippen molar-refractivity contribution in [2.24, 2.45) is 4.99 Å². The maximum Gasteiger partial charge on any atom is 0.266 e. The van der Waals surface area contributed by atoms with Crippen LogP contribution in [0.5, 0.6) is 0 Å². The molecule has 172 valence electrons. The smallest absolute Gasteiger partial charge is 0.266 e. The number of nitrogens with zero attached hydrogens (tertiary/aromatic N) is 3. The number of sulfonamides is 1. The summed E-state index contributed by atoms with van der Waals surface area (Å²) in [4.78, 5) is 17.3. The van der Waals surface area contributed by atoms with Crippen molar-refractivity contribution in [1.29, 1.82) is 0 Å². The van der Waals surface area contributed by atoms with E-state index < -0.39 is 33.6 Å². The van der Waals surface area contributed by atoms with Gasteiger partial charge in [0.1, 0.15) is 16.1 Å². The number of thiazole rings is 1. The number of carbonyl (C=O) groups is 1. The summed E-state index contributed by atoms with van der Waals surface area (Å²) in [7, 11) is -2.43. The Bertz CT molecular complexity index is 1350. The lowest BCUT2D eigenvalue weighted by Gasteiger charge is -2.20. The standard InChI is InChI=1S/C19H18ClF2N3O4S3/c1-29-8-7-24-17-12(22)9-11(21)10-14(17)30-19(24)23-18(26)13-3-2-6-25(13)32(27,28)16-5-4-15(20)31-16/h4-5,9-10,13H,2-3,6-8H2,1H3. The Kier molecular flexibility index (Phi) is 6.80. The van der Waals surface area contributed by atoms with Crippen LogP contribution in [0, 0.1) is 11.6 Å². The van der Waals surface area contributed by atoms with Crippen LogP contribution in [-0.4, -0.2) is 49.5 Å². The predicted octanol–water partition coefficient (Wildman–Crippen LogP) is 3.62. The number of ether oxygens (including phenoxy) is 1. The third kappa shape index (κ3) is 4.39. The molecule has 3 aromatic rings. The molecule has 32 heavy (non-hydrogen) atoms. The van der Waals surface area contributed by atoms with E-state index in [1.807, 2.05) is 0 Å². The zero-order valence-corrected chi connectivity index (χ0v) is 20.0. The quantitative estimate of drug-likeness (QED) is 0.496. The van der Waals surface area contributed by atoms with Crippen molar-refractivity contribution in [3.8, 4) is 0 Å². The molecule has 0 radical (unpaired) electrons. The fraction of sp³-hybridized carbons (Fsp3) is 0.368. The van der Waals surface area contributed by atoms with E-state index in [9.17, 15) is 22.0 Å². The molecule has 0 spiro atoms. The molecule has 1 amide bonds. The lowest BCUT2D eigenvalue weighted by Crippen LogP contribution is -2.40. The number of amides is 1. The molecule has 1 saturated heterocycles. The summed E-state index contributed by atoms with van der Waals surface area (Å²) in [6.45, 7) is 0.582. The molecule has 2 aromatic heterocycles. The summed E-state index contributed by atoms with van der Waals surface area (Å²) < 4.78 is 62.5. The lowest BCUT2D eigenvalue weighted by molar-refractivity contribution is -0.121. The van der Waals surface area contributed by atoms with Gasteiger partial charge in [-0.1, -0.05) is 22.9 Å². The van der Waals surface area contributed by atoms with Gasteiger partial charge in [0.15, 0.2) is 10.6 Å². The highest BCUT2D eigenvalue weighted by atomic mass is 35.5. The van der Waals surface area contributed by atoms with E-state index in [4.69, 9.17) is 16.3 Å². The number of aromatic nitrogens is 1. The molecule has 1 unspecified atom stereocenters. The second kappa shape index (κ2) is 9.27. The second-order valence-electron chi connectivity index (χ2n) is 7.05. The highest BCUT2D eigenvalue weighted by molar-refractivity contribution is 7.91. The molecule has 1 aliphatic heterocycles. The van der Waals surface area contributed by atoms with E-state index >= 15 is 0 Å². The van der Waals surface area contributed by atoms with Crippen LogP contribution >= 0.6 is 34.3 Å². The van der Waals surface area contributed by atoms with Gasteiger partial charge < -0.3 is 9.30 Å². The van der Waals surface area contributed by atoms with Crippen molar-refractivity contribution in [3.63, 3.8) is 0 Å². The molecule has 4 rings (SSSR count). The first-order valence-corrected chi connectivity index (χ1v) is 13.0. The zero-order valence-electron chi connectivity index (χ0n) is 16.8. The number of halogens is 3. The lowest BCUT2D eigenvalue weighted by atomic mass is 10.2. The van der Waals surface area contributed by atoms with Gasteiger partial charge in [-0.05, 0) is 31.0 Å². The number of hydrogen-bond donors (Lipinski definition) is 0. The van der Waals surface area contributed by atoms with E-state index in [1.165, 1.54) is 29.9 Å². The summed E-state index contributed by atoms with van der Waals surface area (Å²) in [6.07, 6.45) is 0.812. The molecule has 7 nitrogen and oxygen atoms in total. The van der Waals surface area contributed by atoms with Gasteiger partial charge in [-0.15, -0.1) is 11.3 Å². The molecular formula is C19H18ClF2N3O4S3. The molecule has 1 fully saturated rings. The van der Waals surface area contributed by atoms with Crippen LogP contribution < -0.4 is 4.80 Å². The SMILES string of the molecule is COCCn1c(=NC(=O)C2CCCN2S(=O)(=O)c2ccc(Cl)s2)sc2cc(F)cc(F)c21. The summed E-state index contributed by atoms with van der Waals surface area (Å²) in [5.41, 5.74) is 0.115. The number of rotatable bonds is 6. The van der Waals surface area contributed by atoms with Crippen molar-refractivity contribution in [2.75, 3.05) is 20.3 Å². The van der Waals surface area contributed by atoms with Crippen LogP contribution in [0.4, 0.5) is 8.78 Å². The average Bonchev–Trinajstić information content (AvgIpc) is 3.45. The molecular weight excluding hydrogens is 504 g/mol. The number of benzene rings is 1. The number of hydrogen-bond acceptors (Lipinski definition) is 6. The summed E-state index contributed by atoms with van der Waals surface area (Å²) in [5.74, 6) is -2.18. The maximum atomic E-state index is 14.5. The third-order valence-electron chi connectivity index (χ3n) is 5.02. The van der Waals surface area contributed by atoms with Crippen LogP contribution in [0.1, 0.15) is 12.8 Å². The van der Waals surface area contributed by atoms with Gasteiger partial charge in [0.05, 0.1) is 21.2 Å². The molecule has 0 saturated carbocycles. The minimum absolute atomic E-state index is 0.0526. The summed E-state index contributed by atoms with van der Waals surface area (Å²) in [6, 6.07) is 3.84. The van der Waals surface area contributed by atoms with Gasteiger partial charge in [0.2, 0.25) is 0 Å². The van der Waals surface area contributed by atoms with Crippen molar-refractivity contribution in [3.05, 3.63) is 45.0 Å². The monoisotopic (exact) mass is 521 g/mol. The zero-order chi connectivity index (χ0) is 23.0. The molecule has 1 aliphatic rings. The van der Waals surface area contributed by atoms with Gasteiger partial charge in [-0.2, -0.15) is 9.30 Å². The van der Waals surface area contributed by atoms with Crippen LogP contribution in [0.25, 0.3) is 10.2 Å². The number of methoxy groups -OCH3 is 1. The molecule has 1 atom stereocenters. The average molecular weight is 522 g/mol. The van der Waals surface area contributed by atoms with Crippen LogP contribution in [0.2, 0.25) is 4.34 Å². The van der Waals surface area contributed by atoms with Crippen molar-refractivity contribution in [2.45, 2.75) is 29.6 Å². The van der Waals surface area contributed by atoms with Gasteiger partial charge in [0.25, 0.3) is 15.9 Å². The van der Waals surface area contributed by atoms with Crippen molar-refractivity contribution in [1.82, 2.24) is 8.87 Å². The molecule has 0 aliphatic carbocycles.